The maximum atomic E-state index is 13.4. The Morgan fingerprint density at radius 3 is 2.20 bits per heavy atom. The molecule has 182 valence electrons. The first-order valence-corrected chi connectivity index (χ1v) is 12.1. The Bertz CT molecular complexity index is 1210. The van der Waals surface area contributed by atoms with E-state index in [4.69, 9.17) is 0 Å². The number of para-hydroxylation sites is 1. The lowest BCUT2D eigenvalue weighted by Crippen LogP contribution is -2.56. The van der Waals surface area contributed by atoms with Gasteiger partial charge in [-0.3, -0.25) is 9.59 Å². The van der Waals surface area contributed by atoms with Crippen LogP contribution in [0, 0.1) is 0 Å². The Labute approximate surface area is 206 Å². The highest BCUT2D eigenvalue weighted by atomic mass is 16.2. The van der Waals surface area contributed by atoms with Gasteiger partial charge >= 0.3 is 6.03 Å². The minimum Gasteiger partial charge on any atom is -0.344 e. The number of rotatable bonds is 6. The topological polar surface area (TPSA) is 81.8 Å². The minimum atomic E-state index is -0.657. The lowest BCUT2D eigenvalue weighted by Gasteiger charge is -2.36. The van der Waals surface area contributed by atoms with Crippen molar-refractivity contribution in [3.05, 3.63) is 77.9 Å². The molecule has 0 radical (unpaired) electrons. The number of benzene rings is 3. The van der Waals surface area contributed by atoms with Gasteiger partial charge in [0.25, 0.3) is 0 Å². The zero-order valence-corrected chi connectivity index (χ0v) is 20.3. The summed E-state index contributed by atoms with van der Waals surface area (Å²) >= 11 is 0. The molecule has 35 heavy (non-hydrogen) atoms. The van der Waals surface area contributed by atoms with Crippen LogP contribution < -0.4 is 10.6 Å². The quantitative estimate of drug-likeness (QED) is 0.572. The van der Waals surface area contributed by atoms with Crippen molar-refractivity contribution in [3.63, 3.8) is 0 Å². The summed E-state index contributed by atoms with van der Waals surface area (Å²) in [6.45, 7) is 5.21. The van der Waals surface area contributed by atoms with Gasteiger partial charge in [0.15, 0.2) is 0 Å². The van der Waals surface area contributed by atoms with Gasteiger partial charge in [0.2, 0.25) is 11.8 Å². The molecule has 2 N–H and O–H groups in total. The lowest BCUT2D eigenvalue weighted by atomic mass is 9.98. The number of piperazine rings is 1. The highest BCUT2D eigenvalue weighted by Crippen LogP contribution is 2.21. The molecule has 0 aliphatic carbocycles. The van der Waals surface area contributed by atoms with E-state index in [9.17, 15) is 14.4 Å². The van der Waals surface area contributed by atoms with Crippen molar-refractivity contribution in [1.82, 2.24) is 15.1 Å². The van der Waals surface area contributed by atoms with Gasteiger partial charge in [-0.15, -0.1) is 0 Å². The van der Waals surface area contributed by atoms with E-state index in [0.29, 0.717) is 32.6 Å². The maximum Gasteiger partial charge on any atom is 0.321 e. The summed E-state index contributed by atoms with van der Waals surface area (Å²) in [5, 5.41) is 8.02. The normalized spacial score (nSPS) is 14.5. The van der Waals surface area contributed by atoms with Gasteiger partial charge in [-0.25, -0.2) is 4.79 Å². The molecule has 0 saturated carbocycles. The zero-order chi connectivity index (χ0) is 24.8. The number of anilines is 1. The molecular weight excluding hydrogens is 440 g/mol. The first-order valence-electron chi connectivity index (χ1n) is 12.1. The van der Waals surface area contributed by atoms with Crippen molar-refractivity contribution in [2.24, 2.45) is 0 Å². The van der Waals surface area contributed by atoms with E-state index in [1.807, 2.05) is 66.7 Å². The highest BCUT2D eigenvalue weighted by Gasteiger charge is 2.30. The Balaban J connectivity index is 1.41. The molecule has 3 aromatic carbocycles. The van der Waals surface area contributed by atoms with Crippen LogP contribution in [0.25, 0.3) is 10.8 Å². The van der Waals surface area contributed by atoms with Gasteiger partial charge in [-0.2, -0.15) is 0 Å². The molecule has 4 amide bonds. The van der Waals surface area contributed by atoms with Crippen LogP contribution in [-0.4, -0.2) is 59.9 Å². The molecule has 1 aliphatic heterocycles. The number of carbonyl (C=O) groups is 3. The Kier molecular flexibility index (Phi) is 7.65. The summed E-state index contributed by atoms with van der Waals surface area (Å²) < 4.78 is 0. The molecule has 1 atom stereocenters. The SMILES string of the molecule is CCc1ccccc1NC(=O)N1CCN(C(=O)C(Cc2cccc3ccccc23)NC(C)=O)CC1. The fourth-order valence-corrected chi connectivity index (χ4v) is 4.63. The second-order valence-corrected chi connectivity index (χ2v) is 8.85. The summed E-state index contributed by atoms with van der Waals surface area (Å²) in [6, 6.07) is 21.0. The van der Waals surface area contributed by atoms with E-state index in [-0.39, 0.29) is 17.8 Å². The zero-order valence-electron chi connectivity index (χ0n) is 20.3. The summed E-state index contributed by atoms with van der Waals surface area (Å²) in [7, 11) is 0. The van der Waals surface area contributed by atoms with Crippen LogP contribution in [-0.2, 0) is 22.4 Å². The van der Waals surface area contributed by atoms with Crippen molar-refractivity contribution in [1.29, 1.82) is 0 Å². The number of hydrogen-bond donors (Lipinski definition) is 2. The van der Waals surface area contributed by atoms with Gasteiger partial charge in [-0.05, 0) is 34.4 Å². The van der Waals surface area contributed by atoms with Crippen molar-refractivity contribution in [2.45, 2.75) is 32.7 Å². The maximum absolute atomic E-state index is 13.4. The predicted molar refractivity (Wildman–Crippen MR) is 138 cm³/mol. The number of nitrogens with zero attached hydrogens (tertiary/aromatic N) is 2. The number of hydrogen-bond acceptors (Lipinski definition) is 3. The molecule has 7 nitrogen and oxygen atoms in total. The third-order valence-corrected chi connectivity index (χ3v) is 6.50. The van der Waals surface area contributed by atoms with Gasteiger partial charge < -0.3 is 20.4 Å². The van der Waals surface area contributed by atoms with Crippen molar-refractivity contribution < 1.29 is 14.4 Å². The van der Waals surface area contributed by atoms with Crippen LogP contribution in [0.5, 0.6) is 0 Å². The van der Waals surface area contributed by atoms with E-state index in [1.165, 1.54) is 6.92 Å². The number of aryl methyl sites for hydroxylation is 1. The third-order valence-electron chi connectivity index (χ3n) is 6.50. The Hall–Kier alpha value is -3.87. The fraction of sp³-hybridized carbons (Fsp3) is 0.321. The standard InChI is InChI=1S/C28H32N4O3/c1-3-21-9-5-7-14-25(21)30-28(35)32-17-15-31(16-18-32)27(34)26(29-20(2)33)19-23-12-8-11-22-10-4-6-13-24(22)23/h4-14,26H,3,15-19H2,1-2H3,(H,29,33)(H,30,35). The van der Waals surface area contributed by atoms with Crippen LogP contribution in [0.4, 0.5) is 10.5 Å². The van der Waals surface area contributed by atoms with Crippen molar-refractivity contribution >= 4 is 34.3 Å². The van der Waals surface area contributed by atoms with Gasteiger partial charge in [0, 0.05) is 45.2 Å². The van der Waals surface area contributed by atoms with Gasteiger partial charge in [0.05, 0.1) is 0 Å². The summed E-state index contributed by atoms with van der Waals surface area (Å²) in [6.07, 6.45) is 1.24. The Morgan fingerprint density at radius 1 is 0.829 bits per heavy atom. The summed E-state index contributed by atoms with van der Waals surface area (Å²) in [5.41, 5.74) is 2.92. The largest absolute Gasteiger partial charge is 0.344 e. The second-order valence-electron chi connectivity index (χ2n) is 8.85. The predicted octanol–water partition coefficient (Wildman–Crippen LogP) is 3.83. The second kappa shape index (κ2) is 11.0. The summed E-state index contributed by atoms with van der Waals surface area (Å²) in [4.78, 5) is 41.6. The molecule has 1 unspecified atom stereocenters. The summed E-state index contributed by atoms with van der Waals surface area (Å²) in [5.74, 6) is -0.360. The number of amides is 4. The van der Waals surface area contributed by atoms with Gasteiger partial charge in [0.1, 0.15) is 6.04 Å². The van der Waals surface area contributed by atoms with Crippen LogP contribution in [0.15, 0.2) is 66.7 Å². The number of fused-ring (bicyclic) bond motifs is 1. The fourth-order valence-electron chi connectivity index (χ4n) is 4.63. The lowest BCUT2D eigenvalue weighted by molar-refractivity contribution is -0.137. The first-order chi connectivity index (χ1) is 17.0. The molecule has 1 fully saturated rings. The van der Waals surface area contributed by atoms with Crippen LogP contribution in [0.3, 0.4) is 0 Å². The molecule has 0 spiro atoms. The highest BCUT2D eigenvalue weighted by molar-refractivity contribution is 5.91. The molecule has 4 rings (SSSR count). The van der Waals surface area contributed by atoms with Crippen LogP contribution in [0.1, 0.15) is 25.0 Å². The molecular formula is C28H32N4O3. The van der Waals surface area contributed by atoms with Crippen molar-refractivity contribution in [3.8, 4) is 0 Å². The number of nitrogens with one attached hydrogen (secondary N) is 2. The first kappa shape index (κ1) is 24.3. The molecule has 1 saturated heterocycles. The average Bonchev–Trinajstić information content (AvgIpc) is 2.88. The van der Waals surface area contributed by atoms with E-state index >= 15 is 0 Å². The van der Waals surface area contributed by atoms with Crippen molar-refractivity contribution in [2.75, 3.05) is 31.5 Å². The molecule has 0 bridgehead atoms. The van der Waals surface area contributed by atoms with Crippen LogP contribution in [0.2, 0.25) is 0 Å². The number of urea groups is 1. The molecule has 0 aromatic heterocycles. The molecule has 3 aromatic rings. The van der Waals surface area contributed by atoms with E-state index < -0.39 is 6.04 Å². The Morgan fingerprint density at radius 2 is 1.46 bits per heavy atom. The molecule has 7 heteroatoms. The third kappa shape index (κ3) is 5.80. The number of carbonyl (C=O) groups excluding carboxylic acids is 3. The van der Waals surface area contributed by atoms with E-state index in [2.05, 4.69) is 17.6 Å². The van der Waals surface area contributed by atoms with E-state index in [1.54, 1.807) is 9.80 Å². The molecule has 1 aliphatic rings. The minimum absolute atomic E-state index is 0.121. The smallest absolute Gasteiger partial charge is 0.321 e. The van der Waals surface area contributed by atoms with Gasteiger partial charge in [-0.1, -0.05) is 67.6 Å². The average molecular weight is 473 g/mol. The van der Waals surface area contributed by atoms with E-state index in [0.717, 1.165) is 34.0 Å². The van der Waals surface area contributed by atoms with Crippen LogP contribution >= 0.6 is 0 Å². The monoisotopic (exact) mass is 472 g/mol. The molecule has 1 heterocycles.